The summed E-state index contributed by atoms with van der Waals surface area (Å²) in [5, 5.41) is 2.82. The molecule has 1 atom stereocenters. The molecule has 1 unspecified atom stereocenters. The molecule has 1 spiro atoms. The quantitative estimate of drug-likeness (QED) is 0.764. The number of hydrogen-bond acceptors (Lipinski definition) is 3. The minimum absolute atomic E-state index is 0.0337. The maximum atomic E-state index is 11.6. The van der Waals surface area contributed by atoms with Crippen LogP contribution in [0.15, 0.2) is 0 Å². The molecule has 0 aromatic heterocycles. The van der Waals surface area contributed by atoms with E-state index in [4.69, 9.17) is 4.74 Å². The zero-order valence-corrected chi connectivity index (χ0v) is 10.8. The van der Waals surface area contributed by atoms with Gasteiger partial charge in [-0.05, 0) is 45.4 Å². The summed E-state index contributed by atoms with van der Waals surface area (Å²) in [4.78, 5) is 23.2. The molecule has 2 saturated carbocycles. The Bertz CT molecular complexity index is 339. The number of ketones is 1. The van der Waals surface area contributed by atoms with Crippen LogP contribution in [0.2, 0.25) is 0 Å². The molecule has 4 nitrogen and oxygen atoms in total. The molecular formula is C13H21NO3. The molecule has 2 fully saturated rings. The van der Waals surface area contributed by atoms with Gasteiger partial charge in [-0.15, -0.1) is 0 Å². The Labute approximate surface area is 102 Å². The van der Waals surface area contributed by atoms with Crippen LogP contribution < -0.4 is 5.32 Å². The van der Waals surface area contributed by atoms with Gasteiger partial charge < -0.3 is 10.1 Å². The van der Waals surface area contributed by atoms with Crippen molar-refractivity contribution in [3.05, 3.63) is 0 Å². The first kappa shape index (κ1) is 12.4. The molecule has 4 heteroatoms. The van der Waals surface area contributed by atoms with Crippen LogP contribution in [0.25, 0.3) is 0 Å². The van der Waals surface area contributed by atoms with Gasteiger partial charge in [0.1, 0.15) is 11.4 Å². The highest BCUT2D eigenvalue weighted by molar-refractivity contribution is 5.82. The average Bonchev–Trinajstić information content (AvgIpc) is 2.78. The van der Waals surface area contributed by atoms with Gasteiger partial charge in [0, 0.05) is 18.9 Å². The Hall–Kier alpha value is -1.06. The highest BCUT2D eigenvalue weighted by Crippen LogP contribution is 2.55. The van der Waals surface area contributed by atoms with Gasteiger partial charge in [0.25, 0.3) is 0 Å². The first-order valence-corrected chi connectivity index (χ1v) is 6.29. The fraction of sp³-hybridized carbons (Fsp3) is 0.846. The topological polar surface area (TPSA) is 55.4 Å². The van der Waals surface area contributed by atoms with E-state index in [0.29, 0.717) is 12.8 Å². The lowest BCUT2D eigenvalue weighted by atomic mass is 9.82. The number of Topliss-reactive ketones (excluding diaryl/α,β-unsaturated/α-hetero) is 1. The Morgan fingerprint density at radius 3 is 2.59 bits per heavy atom. The van der Waals surface area contributed by atoms with Crippen LogP contribution in [0.3, 0.4) is 0 Å². The summed E-state index contributed by atoms with van der Waals surface area (Å²) in [6.45, 7) is 5.50. The number of carbonyl (C=O) groups is 2. The zero-order chi connectivity index (χ0) is 12.7. The van der Waals surface area contributed by atoms with Crippen molar-refractivity contribution in [3.8, 4) is 0 Å². The van der Waals surface area contributed by atoms with Crippen LogP contribution in [-0.2, 0) is 9.53 Å². The molecule has 0 radical (unpaired) electrons. The minimum Gasteiger partial charge on any atom is -0.444 e. The van der Waals surface area contributed by atoms with Crippen LogP contribution in [0, 0.1) is 5.41 Å². The van der Waals surface area contributed by atoms with Crippen molar-refractivity contribution >= 4 is 11.9 Å². The summed E-state index contributed by atoms with van der Waals surface area (Å²) >= 11 is 0. The van der Waals surface area contributed by atoms with Crippen LogP contribution in [0.4, 0.5) is 4.79 Å². The third kappa shape index (κ3) is 3.45. The van der Waals surface area contributed by atoms with E-state index in [1.54, 1.807) is 0 Å². The molecule has 17 heavy (non-hydrogen) atoms. The molecule has 1 N–H and O–H groups in total. The Morgan fingerprint density at radius 1 is 1.41 bits per heavy atom. The van der Waals surface area contributed by atoms with Crippen molar-refractivity contribution in [2.45, 2.75) is 64.5 Å². The van der Waals surface area contributed by atoms with Crippen LogP contribution in [0.1, 0.15) is 52.9 Å². The number of amides is 1. The second-order valence-corrected chi connectivity index (χ2v) is 6.47. The van der Waals surface area contributed by atoms with E-state index in [1.165, 1.54) is 0 Å². The smallest absolute Gasteiger partial charge is 0.407 e. The number of alkyl carbamates (subject to hydrolysis) is 1. The highest BCUT2D eigenvalue weighted by atomic mass is 16.6. The number of rotatable bonds is 1. The fourth-order valence-corrected chi connectivity index (χ4v) is 2.57. The van der Waals surface area contributed by atoms with E-state index in [0.717, 1.165) is 19.3 Å². The summed E-state index contributed by atoms with van der Waals surface area (Å²) < 4.78 is 5.20. The van der Waals surface area contributed by atoms with E-state index < -0.39 is 11.7 Å². The first-order valence-electron chi connectivity index (χ1n) is 6.29. The van der Waals surface area contributed by atoms with Gasteiger partial charge >= 0.3 is 6.09 Å². The van der Waals surface area contributed by atoms with Crippen LogP contribution in [-0.4, -0.2) is 23.5 Å². The van der Waals surface area contributed by atoms with Crippen molar-refractivity contribution in [1.82, 2.24) is 5.32 Å². The summed E-state index contributed by atoms with van der Waals surface area (Å²) in [5.74, 6) is 0.273. The Morgan fingerprint density at radius 2 is 2.06 bits per heavy atom. The molecule has 1 amide bonds. The van der Waals surface area contributed by atoms with Gasteiger partial charge in [-0.1, -0.05) is 0 Å². The largest absolute Gasteiger partial charge is 0.444 e. The highest BCUT2D eigenvalue weighted by Gasteiger charge is 2.49. The second-order valence-electron chi connectivity index (χ2n) is 6.47. The number of ether oxygens (including phenoxy) is 1. The first-order chi connectivity index (χ1) is 7.78. The second kappa shape index (κ2) is 4.00. The molecule has 2 aliphatic carbocycles. The van der Waals surface area contributed by atoms with Crippen molar-refractivity contribution in [2.75, 3.05) is 0 Å². The predicted octanol–water partition coefficient (Wildman–Crippen LogP) is 2.41. The lowest BCUT2D eigenvalue weighted by Crippen LogP contribution is -2.43. The molecule has 0 heterocycles. The monoisotopic (exact) mass is 239 g/mol. The van der Waals surface area contributed by atoms with Crippen LogP contribution >= 0.6 is 0 Å². The molecule has 0 bridgehead atoms. The Balaban J connectivity index is 1.86. The lowest BCUT2D eigenvalue weighted by Gasteiger charge is -2.29. The normalized spacial score (nSPS) is 26.8. The van der Waals surface area contributed by atoms with E-state index in [9.17, 15) is 9.59 Å². The van der Waals surface area contributed by atoms with Crippen molar-refractivity contribution in [3.63, 3.8) is 0 Å². The third-order valence-electron chi connectivity index (χ3n) is 3.40. The summed E-state index contributed by atoms with van der Waals surface area (Å²) in [7, 11) is 0. The summed E-state index contributed by atoms with van der Waals surface area (Å²) in [6.07, 6.45) is 3.95. The molecular weight excluding hydrogens is 218 g/mol. The number of carbonyl (C=O) groups excluding carboxylic acids is 2. The van der Waals surface area contributed by atoms with Gasteiger partial charge in [0.2, 0.25) is 0 Å². The summed E-state index contributed by atoms with van der Waals surface area (Å²) in [6, 6.07) is -0.0337. The molecule has 2 rings (SSSR count). The maximum absolute atomic E-state index is 11.6. The van der Waals surface area contributed by atoms with Crippen molar-refractivity contribution in [2.24, 2.45) is 5.41 Å². The molecule has 0 aliphatic heterocycles. The molecule has 96 valence electrons. The van der Waals surface area contributed by atoms with Crippen molar-refractivity contribution in [1.29, 1.82) is 0 Å². The van der Waals surface area contributed by atoms with E-state index in [1.807, 2.05) is 20.8 Å². The standard InChI is InChI=1S/C13H21NO3/c1-12(2,3)17-11(16)14-9-6-10(15)8-13(7-9)4-5-13/h9H,4-8H2,1-3H3,(H,14,16). The minimum atomic E-state index is -0.486. The van der Waals surface area contributed by atoms with Gasteiger partial charge in [0.05, 0.1) is 0 Å². The predicted molar refractivity (Wildman–Crippen MR) is 63.7 cm³/mol. The van der Waals surface area contributed by atoms with Gasteiger partial charge in [0.15, 0.2) is 0 Å². The summed E-state index contributed by atoms with van der Waals surface area (Å²) in [5.41, 5.74) is -0.269. The Kier molecular flexibility index (Phi) is 2.92. The number of hydrogen-bond donors (Lipinski definition) is 1. The fourth-order valence-electron chi connectivity index (χ4n) is 2.57. The van der Waals surface area contributed by atoms with Crippen LogP contribution in [0.5, 0.6) is 0 Å². The molecule has 0 aromatic rings. The SMILES string of the molecule is CC(C)(C)OC(=O)NC1CC(=O)CC2(CC2)C1. The molecule has 2 aliphatic rings. The number of nitrogens with one attached hydrogen (secondary N) is 1. The van der Waals surface area contributed by atoms with E-state index >= 15 is 0 Å². The van der Waals surface area contributed by atoms with Gasteiger partial charge in [-0.3, -0.25) is 4.79 Å². The molecule has 0 aromatic carbocycles. The zero-order valence-electron chi connectivity index (χ0n) is 10.8. The van der Waals surface area contributed by atoms with Gasteiger partial charge in [-0.2, -0.15) is 0 Å². The van der Waals surface area contributed by atoms with E-state index in [2.05, 4.69) is 5.32 Å². The lowest BCUT2D eigenvalue weighted by molar-refractivity contribution is -0.122. The third-order valence-corrected chi connectivity index (χ3v) is 3.40. The maximum Gasteiger partial charge on any atom is 0.407 e. The van der Waals surface area contributed by atoms with Gasteiger partial charge in [-0.25, -0.2) is 4.79 Å². The average molecular weight is 239 g/mol. The molecule has 0 saturated heterocycles. The van der Waals surface area contributed by atoms with E-state index in [-0.39, 0.29) is 17.2 Å². The van der Waals surface area contributed by atoms with Crippen molar-refractivity contribution < 1.29 is 14.3 Å².